The molecule has 0 radical (unpaired) electrons. The lowest BCUT2D eigenvalue weighted by Crippen LogP contribution is -2.02. The van der Waals surface area contributed by atoms with Crippen LogP contribution in [0.2, 0.25) is 0 Å². The molecule has 0 bridgehead atoms. The van der Waals surface area contributed by atoms with E-state index >= 15 is 0 Å². The van der Waals surface area contributed by atoms with Crippen molar-refractivity contribution < 1.29 is 13.9 Å². The van der Waals surface area contributed by atoms with Gasteiger partial charge in [-0.2, -0.15) is 4.98 Å². The van der Waals surface area contributed by atoms with Crippen molar-refractivity contribution in [2.24, 2.45) is 0 Å². The number of aromatic nitrogens is 1. The minimum atomic E-state index is 0.329. The molecule has 2 rings (SSSR count). The van der Waals surface area contributed by atoms with Crippen LogP contribution in [0, 0.1) is 0 Å². The fraction of sp³-hybridized carbons (Fsp3) is 0.250. The van der Waals surface area contributed by atoms with Crippen molar-refractivity contribution in [3.8, 4) is 11.8 Å². The van der Waals surface area contributed by atoms with E-state index in [-0.39, 0.29) is 0 Å². The molecule has 0 saturated carbocycles. The summed E-state index contributed by atoms with van der Waals surface area (Å²) < 4.78 is 15.9. The Morgan fingerprint density at radius 1 is 1.29 bits per heavy atom. The van der Waals surface area contributed by atoms with Crippen molar-refractivity contribution in [3.05, 3.63) is 36.3 Å². The first-order chi connectivity index (χ1) is 8.29. The Hall–Kier alpha value is -2.17. The summed E-state index contributed by atoms with van der Waals surface area (Å²) in [6.45, 7) is 2.71. The molecule has 0 atom stereocenters. The normalized spacial score (nSPS) is 10.2. The van der Waals surface area contributed by atoms with Crippen LogP contribution in [-0.4, -0.2) is 11.6 Å². The molecular formula is C12H14N2O3. The lowest BCUT2D eigenvalue weighted by Gasteiger charge is -2.08. The van der Waals surface area contributed by atoms with Gasteiger partial charge < -0.3 is 19.6 Å². The molecule has 0 aliphatic carbocycles. The zero-order valence-corrected chi connectivity index (χ0v) is 9.55. The van der Waals surface area contributed by atoms with E-state index in [0.717, 1.165) is 5.76 Å². The maximum Gasteiger partial charge on any atom is 0.240 e. The Bertz CT molecular complexity index is 469. The number of nitrogens with zero attached hydrogens (tertiary/aromatic N) is 1. The molecule has 2 aromatic heterocycles. The van der Waals surface area contributed by atoms with Crippen molar-refractivity contribution in [1.29, 1.82) is 0 Å². The molecule has 0 aliphatic heterocycles. The highest BCUT2D eigenvalue weighted by Crippen LogP contribution is 2.22. The Kier molecular flexibility index (Phi) is 3.49. The zero-order valence-electron chi connectivity index (χ0n) is 9.55. The van der Waals surface area contributed by atoms with E-state index in [1.807, 2.05) is 13.0 Å². The number of hydrogen-bond acceptors (Lipinski definition) is 5. The molecule has 5 nitrogen and oxygen atoms in total. The number of furan rings is 1. The molecule has 2 N–H and O–H groups in total. The topological polar surface area (TPSA) is 70.5 Å². The first-order valence-corrected chi connectivity index (χ1v) is 5.34. The van der Waals surface area contributed by atoms with E-state index in [2.05, 4.69) is 4.98 Å². The molecule has 0 spiro atoms. The van der Waals surface area contributed by atoms with Crippen molar-refractivity contribution >= 4 is 5.69 Å². The molecule has 0 aromatic carbocycles. The Morgan fingerprint density at radius 3 is 2.88 bits per heavy atom. The largest absolute Gasteiger partial charge is 0.476 e. The summed E-state index contributed by atoms with van der Waals surface area (Å²) in [5, 5.41) is 0. The molecule has 0 saturated heterocycles. The fourth-order valence-corrected chi connectivity index (χ4v) is 1.31. The van der Waals surface area contributed by atoms with E-state index in [1.165, 1.54) is 0 Å². The van der Waals surface area contributed by atoms with Gasteiger partial charge in [0.1, 0.15) is 12.4 Å². The molecule has 90 valence electrons. The highest BCUT2D eigenvalue weighted by atomic mass is 16.5. The fourth-order valence-electron chi connectivity index (χ4n) is 1.31. The third-order valence-electron chi connectivity index (χ3n) is 2.09. The Labute approximate surface area is 99.2 Å². The third kappa shape index (κ3) is 2.90. The van der Waals surface area contributed by atoms with Crippen molar-refractivity contribution in [2.45, 2.75) is 13.5 Å². The number of anilines is 1. The lowest BCUT2D eigenvalue weighted by molar-refractivity contribution is 0.253. The second kappa shape index (κ2) is 5.25. The lowest BCUT2D eigenvalue weighted by atomic mass is 10.4. The SMILES string of the molecule is CCOc1nc(OCc2ccco2)ccc1N. The molecular weight excluding hydrogens is 220 g/mol. The van der Waals surface area contributed by atoms with Gasteiger partial charge in [-0.3, -0.25) is 0 Å². The second-order valence-corrected chi connectivity index (χ2v) is 3.34. The van der Waals surface area contributed by atoms with Gasteiger partial charge in [-0.15, -0.1) is 0 Å². The average Bonchev–Trinajstić information content (AvgIpc) is 2.83. The molecule has 2 aromatic rings. The Balaban J connectivity index is 2.03. The van der Waals surface area contributed by atoms with E-state index in [4.69, 9.17) is 19.6 Å². The molecule has 0 aliphatic rings. The van der Waals surface area contributed by atoms with Gasteiger partial charge in [-0.05, 0) is 25.1 Å². The number of nitrogen functional groups attached to an aromatic ring is 1. The second-order valence-electron chi connectivity index (χ2n) is 3.34. The number of rotatable bonds is 5. The van der Waals surface area contributed by atoms with Crippen LogP contribution in [-0.2, 0) is 6.61 Å². The maximum absolute atomic E-state index is 5.70. The molecule has 5 heteroatoms. The summed E-state index contributed by atoms with van der Waals surface area (Å²) in [4.78, 5) is 4.15. The van der Waals surface area contributed by atoms with Gasteiger partial charge in [-0.25, -0.2) is 0 Å². The number of pyridine rings is 1. The van der Waals surface area contributed by atoms with Gasteiger partial charge in [0, 0.05) is 6.07 Å². The van der Waals surface area contributed by atoms with E-state index in [1.54, 1.807) is 24.5 Å². The summed E-state index contributed by atoms with van der Waals surface area (Å²) in [5.41, 5.74) is 6.20. The number of hydrogen-bond donors (Lipinski definition) is 1. The average molecular weight is 234 g/mol. The minimum Gasteiger partial charge on any atom is -0.476 e. The van der Waals surface area contributed by atoms with E-state index in [0.29, 0.717) is 30.7 Å². The third-order valence-corrected chi connectivity index (χ3v) is 2.09. The van der Waals surface area contributed by atoms with Gasteiger partial charge in [0.05, 0.1) is 18.6 Å². The van der Waals surface area contributed by atoms with Crippen molar-refractivity contribution in [1.82, 2.24) is 4.98 Å². The predicted molar refractivity (Wildman–Crippen MR) is 62.9 cm³/mol. The van der Waals surface area contributed by atoms with Crippen LogP contribution in [0.15, 0.2) is 34.9 Å². The number of ether oxygens (including phenoxy) is 2. The predicted octanol–water partition coefficient (Wildman–Crippen LogP) is 2.23. The van der Waals surface area contributed by atoms with E-state index < -0.39 is 0 Å². The van der Waals surface area contributed by atoms with E-state index in [9.17, 15) is 0 Å². The quantitative estimate of drug-likeness (QED) is 0.859. The first-order valence-electron chi connectivity index (χ1n) is 5.34. The van der Waals surface area contributed by atoms with Gasteiger partial charge in [0.25, 0.3) is 0 Å². The summed E-state index contributed by atoms with van der Waals surface area (Å²) >= 11 is 0. The van der Waals surface area contributed by atoms with Crippen LogP contribution < -0.4 is 15.2 Å². The van der Waals surface area contributed by atoms with Crippen LogP contribution in [0.25, 0.3) is 0 Å². The van der Waals surface area contributed by atoms with Crippen LogP contribution in [0.4, 0.5) is 5.69 Å². The monoisotopic (exact) mass is 234 g/mol. The van der Waals surface area contributed by atoms with Crippen LogP contribution in [0.1, 0.15) is 12.7 Å². The van der Waals surface area contributed by atoms with Crippen molar-refractivity contribution in [2.75, 3.05) is 12.3 Å². The van der Waals surface area contributed by atoms with Crippen LogP contribution >= 0.6 is 0 Å². The molecule has 2 heterocycles. The first kappa shape index (κ1) is 11.3. The minimum absolute atomic E-state index is 0.329. The summed E-state index contributed by atoms with van der Waals surface area (Å²) in [6, 6.07) is 7.04. The smallest absolute Gasteiger partial charge is 0.240 e. The summed E-state index contributed by atoms with van der Waals surface area (Å²) in [6.07, 6.45) is 1.60. The van der Waals surface area contributed by atoms with Gasteiger partial charge in [0.2, 0.25) is 11.8 Å². The van der Waals surface area contributed by atoms with Crippen molar-refractivity contribution in [3.63, 3.8) is 0 Å². The standard InChI is InChI=1S/C12H14N2O3/c1-2-15-12-10(13)5-6-11(14-12)17-8-9-4-3-7-16-9/h3-7H,2,8,13H2,1H3. The Morgan fingerprint density at radius 2 is 2.18 bits per heavy atom. The van der Waals surface area contributed by atoms with Crippen LogP contribution in [0.3, 0.4) is 0 Å². The molecule has 17 heavy (non-hydrogen) atoms. The maximum atomic E-state index is 5.70. The van der Waals surface area contributed by atoms with Crippen LogP contribution in [0.5, 0.6) is 11.8 Å². The highest BCUT2D eigenvalue weighted by Gasteiger charge is 2.05. The number of nitrogens with two attached hydrogens (primary N) is 1. The van der Waals surface area contributed by atoms with Gasteiger partial charge in [0.15, 0.2) is 0 Å². The summed E-state index contributed by atoms with van der Waals surface area (Å²) in [7, 11) is 0. The van der Waals surface area contributed by atoms with Gasteiger partial charge >= 0.3 is 0 Å². The zero-order chi connectivity index (χ0) is 12.1. The molecule has 0 unspecified atom stereocenters. The molecule has 0 fully saturated rings. The van der Waals surface area contributed by atoms with Gasteiger partial charge in [-0.1, -0.05) is 0 Å². The summed E-state index contributed by atoms with van der Waals surface area (Å²) in [5.74, 6) is 1.59. The highest BCUT2D eigenvalue weighted by molar-refractivity contribution is 5.49. The molecule has 0 amide bonds.